The predicted molar refractivity (Wildman–Crippen MR) is 140 cm³/mol. The van der Waals surface area contributed by atoms with Gasteiger partial charge in [0, 0.05) is 17.9 Å². The van der Waals surface area contributed by atoms with E-state index in [0.29, 0.717) is 18.8 Å². The van der Waals surface area contributed by atoms with Crippen LogP contribution in [0.25, 0.3) is 0 Å². The van der Waals surface area contributed by atoms with Crippen molar-refractivity contribution in [3.05, 3.63) is 32.6 Å². The van der Waals surface area contributed by atoms with Gasteiger partial charge < -0.3 is 27.8 Å². The summed E-state index contributed by atoms with van der Waals surface area (Å²) in [6, 6.07) is 1.98. The molecule has 0 radical (unpaired) electrons. The van der Waals surface area contributed by atoms with Crippen LogP contribution in [0.5, 0.6) is 0 Å². The van der Waals surface area contributed by atoms with Gasteiger partial charge in [0.1, 0.15) is 12.2 Å². The van der Waals surface area contributed by atoms with Gasteiger partial charge in [-0.1, -0.05) is 12.8 Å². The molecule has 0 amide bonds. The Labute approximate surface area is 223 Å². The lowest BCUT2D eigenvalue weighted by Gasteiger charge is -2.27. The summed E-state index contributed by atoms with van der Waals surface area (Å²) in [7, 11) is -4.21. The van der Waals surface area contributed by atoms with Crippen LogP contribution in [0.4, 0.5) is 0 Å². The molecule has 3 rings (SSSR count). The lowest BCUT2D eigenvalue weighted by molar-refractivity contribution is -0.0865. The minimum Gasteiger partial charge on any atom is -0.376 e. The number of hydrogen-bond donors (Lipinski definition) is 2. The summed E-state index contributed by atoms with van der Waals surface area (Å²) in [5.41, 5.74) is 5.26. The van der Waals surface area contributed by atoms with Crippen molar-refractivity contribution in [1.82, 2.24) is 9.55 Å². The van der Waals surface area contributed by atoms with Crippen molar-refractivity contribution >= 4 is 16.6 Å². The van der Waals surface area contributed by atoms with Crippen LogP contribution in [0.3, 0.4) is 0 Å². The maximum absolute atomic E-state index is 12.8. The average Bonchev–Trinajstić information content (AvgIpc) is 3.51. The molecule has 13 nitrogen and oxygen atoms in total. The number of hydrogen-bond acceptors (Lipinski definition) is 11. The van der Waals surface area contributed by atoms with Crippen molar-refractivity contribution < 1.29 is 32.3 Å². The van der Waals surface area contributed by atoms with Gasteiger partial charge in [0.05, 0.1) is 51.1 Å². The number of H-pyrrole nitrogens is 1. The van der Waals surface area contributed by atoms with E-state index in [0.717, 1.165) is 25.7 Å². The Morgan fingerprint density at radius 2 is 1.97 bits per heavy atom. The highest BCUT2D eigenvalue weighted by molar-refractivity contribution is 7.44. The molecule has 2 aliphatic rings. The normalized spacial score (nSPS) is 25.4. The summed E-state index contributed by atoms with van der Waals surface area (Å²) in [5.74, 6) is 0. The van der Waals surface area contributed by atoms with E-state index in [9.17, 15) is 14.2 Å². The zero-order valence-electron chi connectivity index (χ0n) is 21.8. The highest BCUT2D eigenvalue weighted by Gasteiger charge is 2.48. The molecular formula is C23H38N4O9P2. The van der Waals surface area contributed by atoms with Crippen LogP contribution in [0, 0.1) is 18.3 Å². The summed E-state index contributed by atoms with van der Waals surface area (Å²) in [6.07, 6.45) is 3.37. The summed E-state index contributed by atoms with van der Waals surface area (Å²) in [5, 5.41) is 8.79. The maximum Gasteiger partial charge on any atom is 0.330 e. The van der Waals surface area contributed by atoms with Crippen molar-refractivity contribution in [3.8, 4) is 6.07 Å². The Morgan fingerprint density at radius 1 is 1.24 bits per heavy atom. The minimum absolute atomic E-state index is 0.0950. The van der Waals surface area contributed by atoms with Crippen LogP contribution >= 0.6 is 16.6 Å². The topological polar surface area (TPSA) is 177 Å². The molecule has 3 unspecified atom stereocenters. The first-order valence-corrected chi connectivity index (χ1v) is 15.7. The number of aryl methyl sites for hydroxylation is 1. The molecule has 0 bridgehead atoms. The second-order valence-electron chi connectivity index (χ2n) is 9.10. The van der Waals surface area contributed by atoms with E-state index in [1.54, 1.807) is 13.8 Å². The summed E-state index contributed by atoms with van der Waals surface area (Å²) < 4.78 is 48.6. The van der Waals surface area contributed by atoms with Crippen molar-refractivity contribution in [2.24, 2.45) is 5.50 Å². The van der Waals surface area contributed by atoms with Gasteiger partial charge in [0.15, 0.2) is 14.3 Å². The van der Waals surface area contributed by atoms with Crippen LogP contribution in [-0.2, 0) is 32.3 Å². The molecule has 38 heavy (non-hydrogen) atoms. The van der Waals surface area contributed by atoms with Crippen LogP contribution in [0.15, 0.2) is 15.8 Å². The fraction of sp³-hybridized carbons (Fsp3) is 0.783. The number of nitrogens with one attached hydrogen (secondary N) is 1. The van der Waals surface area contributed by atoms with E-state index in [-0.39, 0.29) is 38.3 Å². The van der Waals surface area contributed by atoms with E-state index in [1.165, 1.54) is 10.8 Å². The Kier molecular flexibility index (Phi) is 13.1. The zero-order valence-corrected chi connectivity index (χ0v) is 23.7. The van der Waals surface area contributed by atoms with E-state index in [4.69, 9.17) is 38.5 Å². The molecule has 6 atom stereocenters. The molecular weight excluding hydrogens is 538 g/mol. The SMILES string of the molecule is CCO[PH](=O)CCC1O[C@@H](n2cc(C)c(=O)[nH]c2=O)[C@H](OCCOC2CCCC2)[C@@H]1OP(N)OCCC#N. The van der Waals surface area contributed by atoms with Crippen molar-refractivity contribution in [2.45, 2.75) is 83.0 Å². The van der Waals surface area contributed by atoms with Crippen molar-refractivity contribution in [2.75, 3.05) is 32.6 Å². The number of ether oxygens (including phenoxy) is 3. The van der Waals surface area contributed by atoms with E-state index in [1.807, 2.05) is 6.07 Å². The number of nitrogens with two attached hydrogens (primary N) is 1. The molecule has 1 saturated heterocycles. The molecule has 2 heterocycles. The van der Waals surface area contributed by atoms with E-state index >= 15 is 0 Å². The second-order valence-corrected chi connectivity index (χ2v) is 11.7. The number of aromatic amines is 1. The van der Waals surface area contributed by atoms with Crippen LogP contribution in [0.1, 0.15) is 57.2 Å². The van der Waals surface area contributed by atoms with Gasteiger partial charge in [0.2, 0.25) is 0 Å². The first kappa shape index (κ1) is 31.1. The molecule has 0 aromatic carbocycles. The largest absolute Gasteiger partial charge is 0.376 e. The smallest absolute Gasteiger partial charge is 0.330 e. The lowest BCUT2D eigenvalue weighted by Crippen LogP contribution is -2.41. The van der Waals surface area contributed by atoms with Gasteiger partial charge in [-0.05, 0) is 33.1 Å². The highest BCUT2D eigenvalue weighted by atomic mass is 31.2. The van der Waals surface area contributed by atoms with Gasteiger partial charge in [-0.2, -0.15) is 5.26 Å². The molecule has 15 heteroatoms. The van der Waals surface area contributed by atoms with Gasteiger partial charge in [-0.25, -0.2) is 4.79 Å². The number of nitriles is 1. The van der Waals surface area contributed by atoms with Crippen molar-refractivity contribution in [1.29, 1.82) is 5.26 Å². The summed E-state index contributed by atoms with van der Waals surface area (Å²) in [6.45, 7) is 4.32. The first-order chi connectivity index (χ1) is 18.3. The Bertz CT molecular complexity index is 1060. The molecule has 1 aliphatic carbocycles. The second kappa shape index (κ2) is 16.0. The van der Waals surface area contributed by atoms with Crippen molar-refractivity contribution in [3.63, 3.8) is 0 Å². The minimum atomic E-state index is -2.30. The van der Waals surface area contributed by atoms with E-state index < -0.39 is 52.3 Å². The Balaban J connectivity index is 1.82. The van der Waals surface area contributed by atoms with Crippen LogP contribution < -0.4 is 16.8 Å². The molecule has 0 spiro atoms. The van der Waals surface area contributed by atoms with Gasteiger partial charge in [-0.3, -0.25) is 24.4 Å². The number of aromatic nitrogens is 2. The van der Waals surface area contributed by atoms with Gasteiger partial charge in [-0.15, -0.1) is 0 Å². The molecule has 214 valence electrons. The van der Waals surface area contributed by atoms with Crippen LogP contribution in [-0.4, -0.2) is 66.6 Å². The molecule has 3 N–H and O–H groups in total. The highest BCUT2D eigenvalue weighted by Crippen LogP contribution is 2.42. The predicted octanol–water partition coefficient (Wildman–Crippen LogP) is 2.49. The quantitative estimate of drug-likeness (QED) is 0.218. The van der Waals surface area contributed by atoms with Crippen LogP contribution in [0.2, 0.25) is 0 Å². The average molecular weight is 577 g/mol. The van der Waals surface area contributed by atoms with E-state index in [2.05, 4.69) is 4.98 Å². The fourth-order valence-corrected chi connectivity index (χ4v) is 6.34. The monoisotopic (exact) mass is 576 g/mol. The first-order valence-electron chi connectivity index (χ1n) is 12.9. The number of rotatable bonds is 16. The summed E-state index contributed by atoms with van der Waals surface area (Å²) in [4.78, 5) is 27.0. The third kappa shape index (κ3) is 9.05. The lowest BCUT2D eigenvalue weighted by atomic mass is 10.1. The number of nitrogens with zero attached hydrogens (tertiary/aromatic N) is 2. The molecule has 1 aromatic rings. The summed E-state index contributed by atoms with van der Waals surface area (Å²) >= 11 is 0. The molecule has 1 aromatic heterocycles. The maximum atomic E-state index is 12.8. The zero-order chi connectivity index (χ0) is 27.5. The third-order valence-electron chi connectivity index (χ3n) is 6.35. The molecule has 2 fully saturated rings. The van der Waals surface area contributed by atoms with Gasteiger partial charge in [0.25, 0.3) is 14.1 Å². The Morgan fingerprint density at radius 3 is 2.68 bits per heavy atom. The molecule has 1 aliphatic heterocycles. The van der Waals surface area contributed by atoms with Gasteiger partial charge >= 0.3 is 5.69 Å². The standard InChI is InChI=1S/C23H38N4O9P2/c1-3-33-37(30)14-9-18-19(36-38(25)34-11-6-10-24)20(32-13-12-31-17-7-4-5-8-17)22(35-18)27-15-16(2)21(28)26-23(27)29/h15,17-20,22,37H,3-9,11-14,25H2,1-2H3,(H,26,28,29)/t18?,19-,20-,22-,38?/m1/s1. The molecule has 1 saturated carbocycles. The third-order valence-corrected chi connectivity index (χ3v) is 8.55. The Hall–Kier alpha value is -1.45. The fourth-order valence-electron chi connectivity index (χ4n) is 4.52.